The molecule has 0 heterocycles. The maximum Gasteiger partial charge on any atom is 0.111 e. The Balaban J connectivity index is 2.48. The SMILES string of the molecule is B[C@@H](CCCN)c1ccccc1. The predicted molar refractivity (Wildman–Crippen MR) is 56.0 cm³/mol. The fourth-order valence-electron chi connectivity index (χ4n) is 1.37. The van der Waals surface area contributed by atoms with Gasteiger partial charge in [-0.25, -0.2) is 0 Å². The molecule has 64 valence electrons. The Hall–Kier alpha value is -0.755. The van der Waals surface area contributed by atoms with Crippen LogP contribution in [0.25, 0.3) is 0 Å². The summed E-state index contributed by atoms with van der Waals surface area (Å²) >= 11 is 0. The fourth-order valence-corrected chi connectivity index (χ4v) is 1.37. The summed E-state index contributed by atoms with van der Waals surface area (Å²) in [5.74, 6) is 0.648. The first-order valence-electron chi connectivity index (χ1n) is 4.59. The molecule has 0 fully saturated rings. The summed E-state index contributed by atoms with van der Waals surface area (Å²) in [4.78, 5) is 0. The van der Waals surface area contributed by atoms with Crippen LogP contribution in [0.5, 0.6) is 0 Å². The third-order valence-corrected chi connectivity index (χ3v) is 2.21. The number of hydrogen-bond acceptors (Lipinski definition) is 1. The minimum atomic E-state index is 0.648. The van der Waals surface area contributed by atoms with Gasteiger partial charge in [-0.2, -0.15) is 0 Å². The van der Waals surface area contributed by atoms with Gasteiger partial charge < -0.3 is 5.73 Å². The normalized spacial score (nSPS) is 12.8. The highest BCUT2D eigenvalue weighted by molar-refractivity contribution is 6.12. The number of rotatable bonds is 4. The number of nitrogens with two attached hydrogens (primary N) is 1. The van der Waals surface area contributed by atoms with E-state index in [1.807, 2.05) is 0 Å². The minimum Gasteiger partial charge on any atom is -0.330 e. The molecule has 0 bridgehead atoms. The lowest BCUT2D eigenvalue weighted by molar-refractivity contribution is 0.725. The Morgan fingerprint density at radius 2 is 1.92 bits per heavy atom. The zero-order chi connectivity index (χ0) is 8.81. The molecular formula is C10H16BN. The van der Waals surface area contributed by atoms with Crippen LogP contribution in [0.3, 0.4) is 0 Å². The standard InChI is InChI=1S/C10H16BN/c11-10(7-4-8-12)9-5-2-1-3-6-9/h1-3,5-6,10H,4,7-8,11-12H2/t10-/m0/s1. The second kappa shape index (κ2) is 4.99. The van der Waals surface area contributed by atoms with Crippen LogP contribution in [0.2, 0.25) is 0 Å². The summed E-state index contributed by atoms with van der Waals surface area (Å²) in [5, 5.41) is 0. The van der Waals surface area contributed by atoms with Gasteiger partial charge in [0.1, 0.15) is 7.85 Å². The molecule has 1 nitrogen and oxygen atoms in total. The molecule has 0 aliphatic carbocycles. The van der Waals surface area contributed by atoms with Gasteiger partial charge in [0, 0.05) is 0 Å². The van der Waals surface area contributed by atoms with Crippen LogP contribution in [0.4, 0.5) is 0 Å². The molecule has 0 saturated carbocycles. The lowest BCUT2D eigenvalue weighted by Crippen LogP contribution is -2.03. The van der Waals surface area contributed by atoms with E-state index in [0.29, 0.717) is 5.82 Å². The van der Waals surface area contributed by atoms with E-state index >= 15 is 0 Å². The van der Waals surface area contributed by atoms with Crippen molar-refractivity contribution in [2.24, 2.45) is 5.73 Å². The third kappa shape index (κ3) is 2.70. The van der Waals surface area contributed by atoms with Crippen molar-refractivity contribution in [3.8, 4) is 0 Å². The zero-order valence-electron chi connectivity index (χ0n) is 7.66. The summed E-state index contributed by atoms with van der Waals surface area (Å²) in [7, 11) is 2.25. The fraction of sp³-hybridized carbons (Fsp3) is 0.400. The second-order valence-corrected chi connectivity index (χ2v) is 3.24. The molecule has 1 rings (SSSR count). The van der Waals surface area contributed by atoms with Crippen molar-refractivity contribution in [1.82, 2.24) is 0 Å². The van der Waals surface area contributed by atoms with Crippen molar-refractivity contribution < 1.29 is 0 Å². The lowest BCUT2D eigenvalue weighted by atomic mass is 9.78. The first-order chi connectivity index (χ1) is 5.84. The molecule has 1 aromatic carbocycles. The van der Waals surface area contributed by atoms with E-state index < -0.39 is 0 Å². The largest absolute Gasteiger partial charge is 0.330 e. The molecule has 0 unspecified atom stereocenters. The topological polar surface area (TPSA) is 26.0 Å². The lowest BCUT2D eigenvalue weighted by Gasteiger charge is -2.09. The van der Waals surface area contributed by atoms with Crippen molar-refractivity contribution in [1.29, 1.82) is 0 Å². The van der Waals surface area contributed by atoms with Gasteiger partial charge in [-0.15, -0.1) is 0 Å². The molecule has 0 aliphatic rings. The van der Waals surface area contributed by atoms with Crippen LogP contribution in [-0.4, -0.2) is 14.4 Å². The van der Waals surface area contributed by atoms with Crippen molar-refractivity contribution in [2.45, 2.75) is 18.7 Å². The van der Waals surface area contributed by atoms with E-state index in [2.05, 4.69) is 38.2 Å². The van der Waals surface area contributed by atoms with E-state index in [9.17, 15) is 0 Å². The van der Waals surface area contributed by atoms with E-state index in [-0.39, 0.29) is 0 Å². The van der Waals surface area contributed by atoms with Gasteiger partial charge in [-0.3, -0.25) is 0 Å². The maximum atomic E-state index is 5.45. The molecule has 1 aromatic rings. The van der Waals surface area contributed by atoms with Gasteiger partial charge in [0.15, 0.2) is 0 Å². The predicted octanol–water partition coefficient (Wildman–Crippen LogP) is 1.10. The number of benzene rings is 1. The Kier molecular flexibility index (Phi) is 3.88. The van der Waals surface area contributed by atoms with E-state index in [1.165, 1.54) is 12.0 Å². The van der Waals surface area contributed by atoms with E-state index in [4.69, 9.17) is 5.73 Å². The van der Waals surface area contributed by atoms with Gasteiger partial charge in [-0.1, -0.05) is 42.3 Å². The van der Waals surface area contributed by atoms with Crippen molar-refractivity contribution in [3.63, 3.8) is 0 Å². The molecule has 0 aliphatic heterocycles. The molecule has 12 heavy (non-hydrogen) atoms. The molecule has 2 N–H and O–H groups in total. The van der Waals surface area contributed by atoms with Crippen LogP contribution in [0.1, 0.15) is 24.2 Å². The van der Waals surface area contributed by atoms with Crippen molar-refractivity contribution >= 4 is 7.85 Å². The zero-order valence-corrected chi connectivity index (χ0v) is 7.66. The third-order valence-electron chi connectivity index (χ3n) is 2.21. The summed E-state index contributed by atoms with van der Waals surface area (Å²) < 4.78 is 0. The highest BCUT2D eigenvalue weighted by Crippen LogP contribution is 2.16. The Morgan fingerprint density at radius 1 is 1.25 bits per heavy atom. The Labute approximate surface area is 75.4 Å². The summed E-state index contributed by atoms with van der Waals surface area (Å²) in [6.45, 7) is 0.803. The highest BCUT2D eigenvalue weighted by Gasteiger charge is 2.02. The molecule has 1 atom stereocenters. The van der Waals surface area contributed by atoms with Crippen molar-refractivity contribution in [2.75, 3.05) is 6.54 Å². The number of hydrogen-bond donors (Lipinski definition) is 1. The van der Waals surface area contributed by atoms with E-state index in [0.717, 1.165) is 13.0 Å². The van der Waals surface area contributed by atoms with Crippen LogP contribution in [0, 0.1) is 0 Å². The summed E-state index contributed by atoms with van der Waals surface area (Å²) in [6.07, 6.45) is 2.32. The van der Waals surface area contributed by atoms with Crippen LogP contribution in [-0.2, 0) is 0 Å². The summed E-state index contributed by atoms with van der Waals surface area (Å²) in [6, 6.07) is 10.6. The van der Waals surface area contributed by atoms with Gasteiger partial charge >= 0.3 is 0 Å². The monoisotopic (exact) mass is 161 g/mol. The van der Waals surface area contributed by atoms with Gasteiger partial charge in [0.2, 0.25) is 0 Å². The maximum absolute atomic E-state index is 5.45. The second-order valence-electron chi connectivity index (χ2n) is 3.24. The molecule has 0 saturated heterocycles. The molecule has 0 spiro atoms. The molecule has 0 amide bonds. The average molecular weight is 161 g/mol. The first-order valence-corrected chi connectivity index (χ1v) is 4.59. The molecule has 2 heteroatoms. The quantitative estimate of drug-likeness (QED) is 0.657. The van der Waals surface area contributed by atoms with Crippen LogP contribution >= 0.6 is 0 Å². The van der Waals surface area contributed by atoms with Gasteiger partial charge in [0.05, 0.1) is 0 Å². The molecular weight excluding hydrogens is 145 g/mol. The average Bonchev–Trinajstić information content (AvgIpc) is 2.15. The summed E-state index contributed by atoms with van der Waals surface area (Å²) in [5.41, 5.74) is 6.88. The van der Waals surface area contributed by atoms with Crippen LogP contribution < -0.4 is 5.73 Å². The highest BCUT2D eigenvalue weighted by atomic mass is 14.5. The van der Waals surface area contributed by atoms with Crippen LogP contribution in [0.15, 0.2) is 30.3 Å². The molecule has 0 aromatic heterocycles. The molecule has 0 radical (unpaired) electrons. The van der Waals surface area contributed by atoms with Gasteiger partial charge in [-0.05, 0) is 18.8 Å². The van der Waals surface area contributed by atoms with E-state index in [1.54, 1.807) is 0 Å². The smallest absolute Gasteiger partial charge is 0.111 e. The Morgan fingerprint density at radius 3 is 2.50 bits per heavy atom. The minimum absolute atomic E-state index is 0.648. The van der Waals surface area contributed by atoms with Gasteiger partial charge in [0.25, 0.3) is 0 Å². The Bertz CT molecular complexity index is 210. The van der Waals surface area contributed by atoms with Crippen molar-refractivity contribution in [3.05, 3.63) is 35.9 Å². The first kappa shape index (κ1) is 9.33.